The lowest BCUT2D eigenvalue weighted by atomic mass is 10.1. The average molecular weight is 385 g/mol. The topological polar surface area (TPSA) is 59.8 Å². The number of alkyl halides is 3. The van der Waals surface area contributed by atoms with Crippen LogP contribution >= 0.6 is 11.6 Å². The molecule has 1 aliphatic heterocycles. The summed E-state index contributed by atoms with van der Waals surface area (Å²) in [4.78, 5) is 15.3. The van der Waals surface area contributed by atoms with Crippen LogP contribution in [0.3, 0.4) is 0 Å². The van der Waals surface area contributed by atoms with E-state index in [1.165, 1.54) is 6.07 Å². The molecule has 0 saturated carbocycles. The summed E-state index contributed by atoms with van der Waals surface area (Å²) in [6.45, 7) is 4.13. The van der Waals surface area contributed by atoms with Gasteiger partial charge in [0.15, 0.2) is 0 Å². The Kier molecular flexibility index (Phi) is 5.04. The molecular weight excluding hydrogens is 369 g/mol. The quantitative estimate of drug-likeness (QED) is 0.845. The number of hydrogen-bond acceptors (Lipinski definition) is 3. The molecule has 1 amide bonds. The molecule has 2 aromatic rings. The molecule has 0 radical (unpaired) electrons. The first kappa shape index (κ1) is 18.4. The molecule has 9 heteroatoms. The molecule has 0 saturated heterocycles. The van der Waals surface area contributed by atoms with Gasteiger partial charge in [-0.3, -0.25) is 14.5 Å². The van der Waals surface area contributed by atoms with Crippen molar-refractivity contribution < 1.29 is 18.0 Å². The van der Waals surface area contributed by atoms with Crippen molar-refractivity contribution in [1.29, 1.82) is 0 Å². The van der Waals surface area contributed by atoms with Crippen molar-refractivity contribution in [1.82, 2.24) is 20.1 Å². The zero-order chi connectivity index (χ0) is 18.9. The zero-order valence-electron chi connectivity index (χ0n) is 13.7. The summed E-state index contributed by atoms with van der Waals surface area (Å²) in [5.41, 5.74) is 0.552. The van der Waals surface area contributed by atoms with Crippen molar-refractivity contribution in [3.05, 3.63) is 47.4 Å². The van der Waals surface area contributed by atoms with Crippen LogP contribution in [0.25, 0.3) is 11.3 Å². The van der Waals surface area contributed by atoms with Crippen molar-refractivity contribution in [3.8, 4) is 11.3 Å². The Morgan fingerprint density at radius 1 is 1.38 bits per heavy atom. The first-order valence-corrected chi connectivity index (χ1v) is 8.36. The largest absolute Gasteiger partial charge is 0.433 e. The fourth-order valence-electron chi connectivity index (χ4n) is 2.84. The molecule has 0 fully saturated rings. The summed E-state index contributed by atoms with van der Waals surface area (Å²) in [6, 6.07) is 3.93. The van der Waals surface area contributed by atoms with Gasteiger partial charge in [0, 0.05) is 29.8 Å². The molecule has 3 heterocycles. The monoisotopic (exact) mass is 384 g/mol. The fraction of sp³-hybridized carbons (Fsp3) is 0.353. The van der Waals surface area contributed by atoms with Gasteiger partial charge < -0.3 is 5.32 Å². The van der Waals surface area contributed by atoms with Crippen molar-refractivity contribution in [3.63, 3.8) is 0 Å². The van der Waals surface area contributed by atoms with Crippen LogP contribution < -0.4 is 5.32 Å². The van der Waals surface area contributed by atoms with E-state index < -0.39 is 11.9 Å². The summed E-state index contributed by atoms with van der Waals surface area (Å²) in [5.74, 6) is -0.156. The summed E-state index contributed by atoms with van der Waals surface area (Å²) in [7, 11) is 0. The van der Waals surface area contributed by atoms with E-state index in [2.05, 4.69) is 22.0 Å². The number of pyridine rings is 1. The SMILES string of the molecule is C=C(Cl)CCC(=O)NC1CCn2nc(-c3ccnc(C(F)(F)F)c3)cc21. The van der Waals surface area contributed by atoms with Crippen LogP contribution in [-0.2, 0) is 17.5 Å². The Morgan fingerprint density at radius 3 is 2.85 bits per heavy atom. The molecule has 0 aliphatic carbocycles. The highest BCUT2D eigenvalue weighted by Crippen LogP contribution is 2.33. The number of halogens is 4. The standard InChI is InChI=1S/C17H16ClF3N4O/c1-10(18)2-3-16(26)23-12-5-7-25-14(12)9-13(24-25)11-4-6-22-15(8-11)17(19,20)21/h4,6,8-9,12H,1-3,5,7H2,(H,23,26). The first-order valence-electron chi connectivity index (χ1n) is 7.98. The van der Waals surface area contributed by atoms with Crippen LogP contribution in [0.4, 0.5) is 13.2 Å². The second-order valence-electron chi connectivity index (χ2n) is 6.03. The molecule has 1 N–H and O–H groups in total. The minimum Gasteiger partial charge on any atom is -0.348 e. The Hall–Kier alpha value is -2.35. The number of nitrogens with one attached hydrogen (secondary N) is 1. The van der Waals surface area contributed by atoms with Crippen LogP contribution in [0.2, 0.25) is 0 Å². The second kappa shape index (κ2) is 7.11. The van der Waals surface area contributed by atoms with Crippen LogP contribution in [0, 0.1) is 0 Å². The lowest BCUT2D eigenvalue weighted by Crippen LogP contribution is -2.26. The van der Waals surface area contributed by atoms with Gasteiger partial charge >= 0.3 is 6.18 Å². The van der Waals surface area contributed by atoms with Gasteiger partial charge in [0.25, 0.3) is 0 Å². The van der Waals surface area contributed by atoms with E-state index in [-0.39, 0.29) is 18.4 Å². The predicted octanol–water partition coefficient (Wildman–Crippen LogP) is 4.06. The number of hydrogen-bond donors (Lipinski definition) is 1. The molecule has 26 heavy (non-hydrogen) atoms. The minimum absolute atomic E-state index is 0.156. The highest BCUT2D eigenvalue weighted by Gasteiger charge is 2.33. The summed E-state index contributed by atoms with van der Waals surface area (Å²) >= 11 is 5.66. The van der Waals surface area contributed by atoms with E-state index in [9.17, 15) is 18.0 Å². The summed E-state index contributed by atoms with van der Waals surface area (Å²) < 4.78 is 40.2. The maximum Gasteiger partial charge on any atom is 0.433 e. The van der Waals surface area contributed by atoms with Gasteiger partial charge in [-0.25, -0.2) is 0 Å². The smallest absolute Gasteiger partial charge is 0.348 e. The second-order valence-corrected chi connectivity index (χ2v) is 6.57. The number of allylic oxidation sites excluding steroid dienone is 1. The maximum absolute atomic E-state index is 12.8. The van der Waals surface area contributed by atoms with Gasteiger partial charge in [-0.2, -0.15) is 18.3 Å². The van der Waals surface area contributed by atoms with Crippen molar-refractivity contribution in [2.45, 2.75) is 38.0 Å². The van der Waals surface area contributed by atoms with Gasteiger partial charge in [0.05, 0.1) is 17.4 Å². The number of carbonyl (C=O) groups excluding carboxylic acids is 1. The Balaban J connectivity index is 1.77. The van der Waals surface area contributed by atoms with Gasteiger partial charge in [-0.05, 0) is 31.0 Å². The summed E-state index contributed by atoms with van der Waals surface area (Å²) in [6.07, 6.45) is -2.09. The van der Waals surface area contributed by atoms with Gasteiger partial charge in [0.2, 0.25) is 5.91 Å². The van der Waals surface area contributed by atoms with Gasteiger partial charge in [0.1, 0.15) is 5.69 Å². The van der Waals surface area contributed by atoms with E-state index in [1.54, 1.807) is 10.7 Å². The molecule has 1 unspecified atom stereocenters. The fourth-order valence-corrected chi connectivity index (χ4v) is 2.93. The Morgan fingerprint density at radius 2 is 2.15 bits per heavy atom. The number of rotatable bonds is 5. The number of aromatic nitrogens is 3. The summed E-state index contributed by atoms with van der Waals surface area (Å²) in [5, 5.41) is 7.66. The Labute approximate surface area is 152 Å². The third-order valence-corrected chi connectivity index (χ3v) is 4.29. The predicted molar refractivity (Wildman–Crippen MR) is 90.2 cm³/mol. The lowest BCUT2D eigenvalue weighted by molar-refractivity contribution is -0.141. The van der Waals surface area contributed by atoms with Crippen LogP contribution in [0.15, 0.2) is 36.0 Å². The molecule has 5 nitrogen and oxygen atoms in total. The van der Waals surface area contributed by atoms with E-state index in [4.69, 9.17) is 11.6 Å². The third kappa shape index (κ3) is 4.07. The zero-order valence-corrected chi connectivity index (χ0v) is 14.4. The van der Waals surface area contributed by atoms with E-state index >= 15 is 0 Å². The lowest BCUT2D eigenvalue weighted by Gasteiger charge is -2.11. The third-order valence-electron chi connectivity index (χ3n) is 4.10. The molecule has 1 aliphatic rings. The number of nitrogens with zero attached hydrogens (tertiary/aromatic N) is 3. The molecule has 3 rings (SSSR count). The van der Waals surface area contributed by atoms with Gasteiger partial charge in [-0.1, -0.05) is 18.2 Å². The maximum atomic E-state index is 12.8. The molecule has 0 spiro atoms. The van der Waals surface area contributed by atoms with Crippen LogP contribution in [-0.4, -0.2) is 20.7 Å². The average Bonchev–Trinajstić information content (AvgIpc) is 3.14. The number of amides is 1. The van der Waals surface area contributed by atoms with Crippen molar-refractivity contribution in [2.75, 3.05) is 0 Å². The molecule has 1 atom stereocenters. The van der Waals surface area contributed by atoms with Crippen molar-refractivity contribution in [2.24, 2.45) is 0 Å². The molecular formula is C17H16ClF3N4O. The normalized spacial score (nSPS) is 16.4. The first-order chi connectivity index (χ1) is 12.2. The highest BCUT2D eigenvalue weighted by atomic mass is 35.5. The molecule has 138 valence electrons. The van der Waals surface area contributed by atoms with Crippen molar-refractivity contribution >= 4 is 17.5 Å². The highest BCUT2D eigenvalue weighted by molar-refractivity contribution is 6.29. The van der Waals surface area contributed by atoms with E-state index in [0.717, 1.165) is 18.0 Å². The number of fused-ring (bicyclic) bond motifs is 1. The number of aryl methyl sites for hydroxylation is 1. The van der Waals surface area contributed by atoms with Crippen LogP contribution in [0.5, 0.6) is 0 Å². The minimum atomic E-state index is -4.51. The van der Waals surface area contributed by atoms with Gasteiger partial charge in [-0.15, -0.1) is 0 Å². The van der Waals surface area contributed by atoms with E-state index in [1.807, 2.05) is 0 Å². The molecule has 0 aromatic carbocycles. The van der Waals surface area contributed by atoms with Crippen LogP contribution in [0.1, 0.15) is 36.7 Å². The molecule has 2 aromatic heterocycles. The Bertz CT molecular complexity index is 847. The molecule has 0 bridgehead atoms. The van der Waals surface area contributed by atoms with E-state index in [0.29, 0.717) is 35.7 Å². The number of carbonyl (C=O) groups is 1.